The number of aromatic nitrogens is 2. The summed E-state index contributed by atoms with van der Waals surface area (Å²) < 4.78 is 7.05. The number of ether oxygens (including phenoxy) is 1. The average molecular weight is 408 g/mol. The minimum atomic E-state index is -0.619. The first-order chi connectivity index (χ1) is 14.1. The van der Waals surface area contributed by atoms with E-state index in [0.29, 0.717) is 23.1 Å². The number of nitrogens with zero attached hydrogens (tertiary/aromatic N) is 2. The fourth-order valence-electron chi connectivity index (χ4n) is 3.49. The van der Waals surface area contributed by atoms with Crippen LogP contribution in [-0.2, 0) is 4.74 Å². The third kappa shape index (κ3) is 4.37. The molecule has 0 aliphatic carbocycles. The second-order valence-corrected chi connectivity index (χ2v) is 8.47. The minimum Gasteiger partial charge on any atom is -0.444 e. The number of nitrogens with one attached hydrogen (secondary N) is 1. The van der Waals surface area contributed by atoms with E-state index in [9.17, 15) is 9.59 Å². The van der Waals surface area contributed by atoms with Gasteiger partial charge in [0.2, 0.25) is 0 Å². The summed E-state index contributed by atoms with van der Waals surface area (Å²) in [6.45, 7) is 11.2. The van der Waals surface area contributed by atoms with Crippen molar-refractivity contribution in [3.63, 3.8) is 0 Å². The highest BCUT2D eigenvalue weighted by atomic mass is 16.6. The summed E-state index contributed by atoms with van der Waals surface area (Å²) in [7, 11) is 0. The number of para-hydroxylation sites is 1. The van der Waals surface area contributed by atoms with Gasteiger partial charge in [0.05, 0.1) is 22.6 Å². The summed E-state index contributed by atoms with van der Waals surface area (Å²) in [4.78, 5) is 30.9. The summed E-state index contributed by atoms with van der Waals surface area (Å²) in [5.41, 5.74) is 2.41. The van der Waals surface area contributed by atoms with Crippen molar-refractivity contribution in [3.05, 3.63) is 69.8 Å². The summed E-state index contributed by atoms with van der Waals surface area (Å²) in [6, 6.07) is 12.8. The zero-order valence-corrected chi connectivity index (χ0v) is 18.4. The van der Waals surface area contributed by atoms with E-state index in [0.717, 1.165) is 16.8 Å². The first-order valence-electron chi connectivity index (χ1n) is 10.2. The fraction of sp³-hybridized carbons (Fsp3) is 0.375. The van der Waals surface area contributed by atoms with Crippen LogP contribution in [0.25, 0.3) is 16.6 Å². The molecule has 2 aromatic carbocycles. The second-order valence-electron chi connectivity index (χ2n) is 8.47. The van der Waals surface area contributed by atoms with Crippen LogP contribution in [0, 0.1) is 13.8 Å². The van der Waals surface area contributed by atoms with Crippen LogP contribution in [0.5, 0.6) is 0 Å². The maximum absolute atomic E-state index is 13.6. The van der Waals surface area contributed by atoms with Gasteiger partial charge in [0, 0.05) is 0 Å². The quantitative estimate of drug-likeness (QED) is 0.662. The highest BCUT2D eigenvalue weighted by Crippen LogP contribution is 2.23. The highest BCUT2D eigenvalue weighted by Gasteiger charge is 2.25. The van der Waals surface area contributed by atoms with E-state index < -0.39 is 17.7 Å². The highest BCUT2D eigenvalue weighted by molar-refractivity contribution is 5.81. The molecule has 0 saturated carbocycles. The van der Waals surface area contributed by atoms with Crippen molar-refractivity contribution in [2.45, 2.75) is 59.6 Å². The zero-order valence-electron chi connectivity index (χ0n) is 18.4. The van der Waals surface area contributed by atoms with E-state index in [-0.39, 0.29) is 5.56 Å². The number of carbonyl (C=O) groups excluding carboxylic acids is 1. The topological polar surface area (TPSA) is 73.2 Å². The van der Waals surface area contributed by atoms with E-state index in [1.54, 1.807) is 4.57 Å². The molecule has 0 bridgehead atoms. The van der Waals surface area contributed by atoms with Gasteiger partial charge in [-0.3, -0.25) is 9.36 Å². The predicted octanol–water partition coefficient (Wildman–Crippen LogP) is 4.98. The fourth-order valence-corrected chi connectivity index (χ4v) is 3.49. The minimum absolute atomic E-state index is 0.146. The van der Waals surface area contributed by atoms with E-state index >= 15 is 0 Å². The summed E-state index contributed by atoms with van der Waals surface area (Å²) in [5.74, 6) is 0.487. The molecule has 0 saturated heterocycles. The first kappa shape index (κ1) is 21.6. The molecule has 0 aliphatic rings. The molecule has 1 N–H and O–H groups in total. The molecule has 0 fully saturated rings. The molecule has 30 heavy (non-hydrogen) atoms. The van der Waals surface area contributed by atoms with Crippen molar-refractivity contribution in [1.82, 2.24) is 14.9 Å². The third-order valence-electron chi connectivity index (χ3n) is 4.90. The number of amides is 1. The molecule has 1 amide bonds. The number of rotatable bonds is 4. The Morgan fingerprint density at radius 1 is 1.10 bits per heavy atom. The Kier molecular flexibility index (Phi) is 5.97. The summed E-state index contributed by atoms with van der Waals surface area (Å²) in [5, 5.41) is 3.47. The SMILES string of the molecule is CCC(NC(=O)OC(C)(C)C)c1nc2cccc(C)c2c(=O)n1-c1ccccc1C. The van der Waals surface area contributed by atoms with Gasteiger partial charge < -0.3 is 10.1 Å². The number of benzene rings is 2. The smallest absolute Gasteiger partial charge is 0.408 e. The van der Waals surface area contributed by atoms with Gasteiger partial charge in [-0.05, 0) is 64.3 Å². The van der Waals surface area contributed by atoms with Crippen LogP contribution in [0.4, 0.5) is 4.79 Å². The standard InChI is InChI=1S/C24H29N3O3/c1-7-17(26-23(29)30-24(4,5)6)21-25-18-13-10-12-16(3)20(18)22(28)27(21)19-14-9-8-11-15(19)2/h8-14,17H,7H2,1-6H3,(H,26,29). The molecule has 0 radical (unpaired) electrons. The average Bonchev–Trinajstić information content (AvgIpc) is 2.65. The van der Waals surface area contributed by atoms with E-state index in [1.165, 1.54) is 0 Å². The molecule has 6 heteroatoms. The molecule has 0 aliphatic heterocycles. The lowest BCUT2D eigenvalue weighted by molar-refractivity contribution is 0.0499. The first-order valence-corrected chi connectivity index (χ1v) is 10.2. The number of alkyl carbamates (subject to hydrolysis) is 1. The summed E-state index contributed by atoms with van der Waals surface area (Å²) >= 11 is 0. The normalized spacial score (nSPS) is 12.6. The van der Waals surface area contributed by atoms with Crippen molar-refractivity contribution in [1.29, 1.82) is 0 Å². The van der Waals surface area contributed by atoms with Crippen molar-refractivity contribution < 1.29 is 9.53 Å². The van der Waals surface area contributed by atoms with E-state index in [2.05, 4.69) is 5.32 Å². The third-order valence-corrected chi connectivity index (χ3v) is 4.90. The van der Waals surface area contributed by atoms with Gasteiger partial charge in [0.15, 0.2) is 0 Å². The summed E-state index contributed by atoms with van der Waals surface area (Å²) in [6.07, 6.45) is 0.0128. The van der Waals surface area contributed by atoms with Gasteiger partial charge in [-0.25, -0.2) is 9.78 Å². The van der Waals surface area contributed by atoms with Crippen molar-refractivity contribution in [3.8, 4) is 5.69 Å². The van der Waals surface area contributed by atoms with Gasteiger partial charge in [0.1, 0.15) is 11.4 Å². The zero-order chi connectivity index (χ0) is 22.1. The van der Waals surface area contributed by atoms with Gasteiger partial charge in [-0.1, -0.05) is 37.3 Å². The predicted molar refractivity (Wildman–Crippen MR) is 119 cm³/mol. The Hall–Kier alpha value is -3.15. The molecular formula is C24H29N3O3. The maximum Gasteiger partial charge on any atom is 0.408 e. The maximum atomic E-state index is 13.6. The Morgan fingerprint density at radius 3 is 2.40 bits per heavy atom. The Balaban J connectivity index is 2.24. The molecule has 6 nitrogen and oxygen atoms in total. The van der Waals surface area contributed by atoms with Crippen LogP contribution in [-0.4, -0.2) is 21.2 Å². The van der Waals surface area contributed by atoms with E-state index in [1.807, 2.05) is 84.0 Å². The molecule has 158 valence electrons. The lowest BCUT2D eigenvalue weighted by atomic mass is 10.1. The number of aryl methyl sites for hydroxylation is 2. The Morgan fingerprint density at radius 2 is 1.77 bits per heavy atom. The lowest BCUT2D eigenvalue weighted by Crippen LogP contribution is -2.38. The lowest BCUT2D eigenvalue weighted by Gasteiger charge is -2.25. The van der Waals surface area contributed by atoms with Crippen LogP contribution in [0.15, 0.2) is 47.3 Å². The molecule has 1 aromatic heterocycles. The van der Waals surface area contributed by atoms with Crippen LogP contribution in [0.1, 0.15) is 57.1 Å². The van der Waals surface area contributed by atoms with Crippen molar-refractivity contribution in [2.24, 2.45) is 0 Å². The van der Waals surface area contributed by atoms with Crippen LogP contribution in [0.2, 0.25) is 0 Å². The van der Waals surface area contributed by atoms with Gasteiger partial charge in [-0.15, -0.1) is 0 Å². The molecule has 1 atom stereocenters. The van der Waals surface area contributed by atoms with Crippen molar-refractivity contribution >= 4 is 17.0 Å². The number of hydrogen-bond acceptors (Lipinski definition) is 4. The Bertz CT molecular complexity index is 1140. The number of hydrogen-bond donors (Lipinski definition) is 1. The van der Waals surface area contributed by atoms with Gasteiger partial charge in [0.25, 0.3) is 5.56 Å². The molecular weight excluding hydrogens is 378 g/mol. The van der Waals surface area contributed by atoms with E-state index in [4.69, 9.17) is 9.72 Å². The number of carbonyl (C=O) groups is 1. The van der Waals surface area contributed by atoms with Crippen molar-refractivity contribution in [2.75, 3.05) is 0 Å². The van der Waals surface area contributed by atoms with Crippen LogP contribution >= 0.6 is 0 Å². The van der Waals surface area contributed by atoms with Gasteiger partial charge in [-0.2, -0.15) is 0 Å². The van der Waals surface area contributed by atoms with Gasteiger partial charge >= 0.3 is 6.09 Å². The monoisotopic (exact) mass is 407 g/mol. The molecule has 3 aromatic rings. The second kappa shape index (κ2) is 8.30. The molecule has 1 unspecified atom stereocenters. The largest absolute Gasteiger partial charge is 0.444 e. The molecule has 0 spiro atoms. The molecule has 3 rings (SSSR count). The van der Waals surface area contributed by atoms with Crippen LogP contribution in [0.3, 0.4) is 0 Å². The number of fused-ring (bicyclic) bond motifs is 1. The molecule has 1 heterocycles. The Labute approximate surface area is 176 Å². The van der Waals surface area contributed by atoms with Crippen LogP contribution < -0.4 is 10.9 Å².